The zero-order chi connectivity index (χ0) is 7.28. The van der Waals surface area contributed by atoms with Gasteiger partial charge >= 0.3 is 0 Å². The van der Waals surface area contributed by atoms with Gasteiger partial charge < -0.3 is 5.32 Å². The Bertz CT molecular complexity index is 63.9. The van der Waals surface area contributed by atoms with E-state index in [9.17, 15) is 0 Å². The minimum absolute atomic E-state index is 0.641. The van der Waals surface area contributed by atoms with Crippen LogP contribution in [-0.4, -0.2) is 17.9 Å². The number of hydrogen-bond donors (Lipinski definition) is 1. The summed E-state index contributed by atoms with van der Waals surface area (Å²) >= 11 is 3.36. The largest absolute Gasteiger partial charge is 0.313 e. The van der Waals surface area contributed by atoms with E-state index in [-0.39, 0.29) is 0 Å². The lowest BCUT2D eigenvalue weighted by molar-refractivity contribution is 0.439. The molecule has 0 saturated carbocycles. The summed E-state index contributed by atoms with van der Waals surface area (Å²) in [6.45, 7) is 7.74. The fourth-order valence-corrected chi connectivity index (χ4v) is 0.747. The molecular formula is C7H16BrN. The van der Waals surface area contributed by atoms with E-state index in [1.54, 1.807) is 0 Å². The van der Waals surface area contributed by atoms with Crippen LogP contribution in [0, 0.1) is 5.92 Å². The lowest BCUT2D eigenvalue weighted by Gasteiger charge is -2.15. The second kappa shape index (κ2) is 5.24. The molecule has 0 saturated heterocycles. The highest BCUT2D eigenvalue weighted by molar-refractivity contribution is 9.09. The van der Waals surface area contributed by atoms with Crippen molar-refractivity contribution in [1.29, 1.82) is 0 Å². The molecule has 0 aromatic rings. The summed E-state index contributed by atoms with van der Waals surface area (Å²) in [6, 6.07) is 0.641. The lowest BCUT2D eigenvalue weighted by atomic mass is 10.1. The van der Waals surface area contributed by atoms with E-state index in [1.807, 2.05) is 0 Å². The van der Waals surface area contributed by atoms with Crippen LogP contribution < -0.4 is 5.32 Å². The van der Waals surface area contributed by atoms with E-state index in [4.69, 9.17) is 0 Å². The maximum absolute atomic E-state index is 3.38. The summed E-state index contributed by atoms with van der Waals surface area (Å²) < 4.78 is 0. The molecule has 1 atom stereocenters. The predicted octanol–water partition coefficient (Wildman–Crippen LogP) is 2.02. The van der Waals surface area contributed by atoms with Crippen molar-refractivity contribution in [3.63, 3.8) is 0 Å². The minimum atomic E-state index is 0.641. The molecule has 0 amide bonds. The monoisotopic (exact) mass is 193 g/mol. The third kappa shape index (κ3) is 4.91. The third-order valence-corrected chi connectivity index (χ3v) is 1.96. The molecule has 1 unspecified atom stereocenters. The van der Waals surface area contributed by atoms with Crippen molar-refractivity contribution in [2.45, 2.75) is 26.8 Å². The Morgan fingerprint density at radius 1 is 1.33 bits per heavy atom. The maximum Gasteiger partial charge on any atom is 0.0157 e. The van der Waals surface area contributed by atoms with Crippen molar-refractivity contribution < 1.29 is 0 Å². The van der Waals surface area contributed by atoms with Crippen LogP contribution in [0.2, 0.25) is 0 Å². The van der Waals surface area contributed by atoms with Crippen molar-refractivity contribution in [3.05, 3.63) is 0 Å². The second-order valence-corrected chi connectivity index (χ2v) is 3.47. The number of halogens is 1. The molecule has 0 spiro atoms. The van der Waals surface area contributed by atoms with E-state index in [2.05, 4.69) is 42.0 Å². The van der Waals surface area contributed by atoms with E-state index in [0.717, 1.165) is 17.8 Å². The van der Waals surface area contributed by atoms with Crippen molar-refractivity contribution in [2.24, 2.45) is 5.92 Å². The SMILES string of the molecule is CC(C)C(C)NCCBr. The average molecular weight is 194 g/mol. The summed E-state index contributed by atoms with van der Waals surface area (Å²) in [5, 5.41) is 4.43. The van der Waals surface area contributed by atoms with E-state index < -0.39 is 0 Å². The molecule has 0 heterocycles. The molecule has 1 nitrogen and oxygen atoms in total. The van der Waals surface area contributed by atoms with Crippen LogP contribution in [0.5, 0.6) is 0 Å². The Labute approximate surface area is 66.3 Å². The summed E-state index contributed by atoms with van der Waals surface area (Å²) in [5.41, 5.74) is 0. The molecule has 0 bridgehead atoms. The van der Waals surface area contributed by atoms with Gasteiger partial charge in [0.2, 0.25) is 0 Å². The van der Waals surface area contributed by atoms with Crippen molar-refractivity contribution >= 4 is 15.9 Å². The van der Waals surface area contributed by atoms with E-state index in [0.29, 0.717) is 6.04 Å². The number of hydrogen-bond acceptors (Lipinski definition) is 1. The Morgan fingerprint density at radius 3 is 2.22 bits per heavy atom. The van der Waals surface area contributed by atoms with Crippen molar-refractivity contribution in [2.75, 3.05) is 11.9 Å². The molecule has 0 aliphatic heterocycles. The van der Waals surface area contributed by atoms with Gasteiger partial charge in [-0.2, -0.15) is 0 Å². The highest BCUT2D eigenvalue weighted by atomic mass is 79.9. The van der Waals surface area contributed by atoms with Crippen LogP contribution in [-0.2, 0) is 0 Å². The smallest absolute Gasteiger partial charge is 0.0157 e. The first kappa shape index (κ1) is 9.44. The fourth-order valence-electron chi connectivity index (χ4n) is 0.518. The lowest BCUT2D eigenvalue weighted by Crippen LogP contribution is -2.31. The summed E-state index contributed by atoms with van der Waals surface area (Å²) in [6.07, 6.45) is 0. The zero-order valence-corrected chi connectivity index (χ0v) is 8.03. The van der Waals surface area contributed by atoms with E-state index >= 15 is 0 Å². The molecule has 0 aliphatic rings. The van der Waals surface area contributed by atoms with Crippen LogP contribution in [0.1, 0.15) is 20.8 Å². The van der Waals surface area contributed by atoms with Crippen LogP contribution >= 0.6 is 15.9 Å². The summed E-state index contributed by atoms with van der Waals surface area (Å²) in [5.74, 6) is 0.740. The van der Waals surface area contributed by atoms with Crippen LogP contribution in [0.3, 0.4) is 0 Å². The molecule has 0 aliphatic carbocycles. The molecule has 0 aromatic carbocycles. The predicted molar refractivity (Wildman–Crippen MR) is 46.1 cm³/mol. The molecule has 2 heteroatoms. The summed E-state index contributed by atoms with van der Waals surface area (Å²) in [4.78, 5) is 0. The Hall–Kier alpha value is 0.440. The minimum Gasteiger partial charge on any atom is -0.313 e. The van der Waals surface area contributed by atoms with Gasteiger partial charge in [0.1, 0.15) is 0 Å². The standard InChI is InChI=1S/C7H16BrN/c1-6(2)7(3)9-5-4-8/h6-7,9H,4-5H2,1-3H3. The molecule has 0 radical (unpaired) electrons. The van der Waals surface area contributed by atoms with Gasteiger partial charge in [-0.15, -0.1) is 0 Å². The Balaban J connectivity index is 3.16. The van der Waals surface area contributed by atoms with Gasteiger partial charge in [-0.3, -0.25) is 0 Å². The van der Waals surface area contributed by atoms with Gasteiger partial charge in [-0.1, -0.05) is 29.8 Å². The Morgan fingerprint density at radius 2 is 1.89 bits per heavy atom. The maximum atomic E-state index is 3.38. The molecule has 56 valence electrons. The highest BCUT2D eigenvalue weighted by Gasteiger charge is 2.03. The molecule has 1 N–H and O–H groups in total. The third-order valence-electron chi connectivity index (χ3n) is 1.56. The van der Waals surface area contributed by atoms with Gasteiger partial charge in [0, 0.05) is 17.9 Å². The first-order chi connectivity index (χ1) is 4.18. The van der Waals surface area contributed by atoms with Crippen LogP contribution in [0.4, 0.5) is 0 Å². The van der Waals surface area contributed by atoms with Crippen molar-refractivity contribution in [1.82, 2.24) is 5.32 Å². The first-order valence-electron chi connectivity index (χ1n) is 3.47. The van der Waals surface area contributed by atoms with Gasteiger partial charge in [0.25, 0.3) is 0 Å². The molecular weight excluding hydrogens is 178 g/mol. The van der Waals surface area contributed by atoms with Gasteiger partial charge in [-0.25, -0.2) is 0 Å². The van der Waals surface area contributed by atoms with Gasteiger partial charge in [0.15, 0.2) is 0 Å². The molecule has 0 fully saturated rings. The molecule has 0 rings (SSSR count). The molecule has 0 aromatic heterocycles. The fraction of sp³-hybridized carbons (Fsp3) is 1.00. The quantitative estimate of drug-likeness (QED) is 0.675. The highest BCUT2D eigenvalue weighted by Crippen LogP contribution is 1.98. The van der Waals surface area contributed by atoms with E-state index in [1.165, 1.54) is 0 Å². The van der Waals surface area contributed by atoms with Gasteiger partial charge in [-0.05, 0) is 12.8 Å². The normalized spacial score (nSPS) is 14.3. The van der Waals surface area contributed by atoms with Crippen LogP contribution in [0.25, 0.3) is 0 Å². The second-order valence-electron chi connectivity index (χ2n) is 2.68. The summed E-state index contributed by atoms with van der Waals surface area (Å²) in [7, 11) is 0. The number of alkyl halides is 1. The molecule has 9 heavy (non-hydrogen) atoms. The van der Waals surface area contributed by atoms with Crippen LogP contribution in [0.15, 0.2) is 0 Å². The number of nitrogens with one attached hydrogen (secondary N) is 1. The zero-order valence-electron chi connectivity index (χ0n) is 6.45. The van der Waals surface area contributed by atoms with Gasteiger partial charge in [0.05, 0.1) is 0 Å². The average Bonchev–Trinajstić information content (AvgIpc) is 1.82. The first-order valence-corrected chi connectivity index (χ1v) is 4.60. The topological polar surface area (TPSA) is 12.0 Å². The number of rotatable bonds is 4. The Kier molecular flexibility index (Phi) is 5.50. The van der Waals surface area contributed by atoms with Crippen molar-refractivity contribution in [3.8, 4) is 0 Å².